The summed E-state index contributed by atoms with van der Waals surface area (Å²) < 4.78 is 17.2. The van der Waals surface area contributed by atoms with Gasteiger partial charge in [0.2, 0.25) is 5.60 Å². The Labute approximate surface area is 211 Å². The first-order chi connectivity index (χ1) is 17.2. The largest absolute Gasteiger partial charge is 0.474 e. The quantitative estimate of drug-likeness (QED) is 0.382. The lowest BCUT2D eigenvalue weighted by atomic mass is 10.0. The molecule has 0 unspecified atom stereocenters. The molecule has 1 heterocycles. The molecular weight excluding hydrogens is 456 g/mol. The number of hydrogen-bond donors (Lipinski definition) is 1. The second kappa shape index (κ2) is 10.4. The van der Waals surface area contributed by atoms with E-state index in [1.54, 1.807) is 30.3 Å². The van der Waals surface area contributed by atoms with Gasteiger partial charge in [-0.2, -0.15) is 5.26 Å². The minimum absolute atomic E-state index is 0.217. The Kier molecular flexibility index (Phi) is 7.27. The van der Waals surface area contributed by atoms with Crippen LogP contribution in [0, 0.1) is 11.3 Å². The van der Waals surface area contributed by atoms with Gasteiger partial charge in [0.05, 0.1) is 11.6 Å². The second-order valence-corrected chi connectivity index (χ2v) is 9.98. The van der Waals surface area contributed by atoms with Crippen molar-refractivity contribution < 1.29 is 23.8 Å². The second-order valence-electron chi connectivity index (χ2n) is 9.98. The average Bonchev–Trinajstić information content (AvgIpc) is 3.32. The van der Waals surface area contributed by atoms with Gasteiger partial charge in [0.25, 0.3) is 0 Å². The molecule has 3 aromatic rings. The van der Waals surface area contributed by atoms with Crippen LogP contribution in [0.1, 0.15) is 44.7 Å². The number of hydrogen-bond acceptors (Lipinski definition) is 7. The molecule has 3 aromatic carbocycles. The minimum Gasteiger partial charge on any atom is -0.474 e. The zero-order valence-corrected chi connectivity index (χ0v) is 20.8. The third kappa shape index (κ3) is 6.21. The minimum atomic E-state index is -1.08. The average molecular weight is 487 g/mol. The molecule has 0 bridgehead atoms. The van der Waals surface area contributed by atoms with Crippen molar-refractivity contribution in [1.29, 1.82) is 5.26 Å². The monoisotopic (exact) mass is 486 g/mol. The van der Waals surface area contributed by atoms with Crippen molar-refractivity contribution in [2.24, 2.45) is 0 Å². The van der Waals surface area contributed by atoms with Crippen molar-refractivity contribution in [3.63, 3.8) is 0 Å². The highest BCUT2D eigenvalue weighted by molar-refractivity contribution is 5.84. The van der Waals surface area contributed by atoms with Crippen LogP contribution in [0.4, 0.5) is 0 Å². The molecule has 1 fully saturated rings. The topological polar surface area (TPSA) is 97.7 Å². The molecule has 0 amide bonds. The molecule has 4 rings (SSSR count). The molecule has 7 heteroatoms. The van der Waals surface area contributed by atoms with Crippen LogP contribution < -0.4 is 14.8 Å². The van der Waals surface area contributed by atoms with E-state index in [0.29, 0.717) is 43.0 Å². The Bertz CT molecular complexity index is 1300. The van der Waals surface area contributed by atoms with Gasteiger partial charge in [0, 0.05) is 19.4 Å². The van der Waals surface area contributed by atoms with E-state index < -0.39 is 17.2 Å². The first kappa shape index (κ1) is 25.2. The van der Waals surface area contributed by atoms with Gasteiger partial charge in [0.15, 0.2) is 0 Å². The molecule has 1 aliphatic rings. The lowest BCUT2D eigenvalue weighted by Crippen LogP contribution is -2.49. The SMILES string of the molecule is CC(C)(C)OC(=O)[C@]1(Oc2ccc(OC(=O)CCc3ccc4ccc(C#N)cc4c3)cc2)CCNC1. The summed E-state index contributed by atoms with van der Waals surface area (Å²) in [4.78, 5) is 25.2. The van der Waals surface area contributed by atoms with Crippen molar-refractivity contribution >= 4 is 22.7 Å². The molecular formula is C29H30N2O5. The summed E-state index contributed by atoms with van der Waals surface area (Å²) in [5.74, 6) is 0.158. The maximum absolute atomic E-state index is 12.8. The van der Waals surface area contributed by atoms with E-state index in [1.807, 2.05) is 51.1 Å². The molecule has 1 saturated heterocycles. The third-order valence-corrected chi connectivity index (χ3v) is 5.91. The Morgan fingerprint density at radius 3 is 2.39 bits per heavy atom. The Balaban J connectivity index is 1.34. The van der Waals surface area contributed by atoms with Gasteiger partial charge in [-0.3, -0.25) is 4.79 Å². The van der Waals surface area contributed by atoms with Crippen molar-refractivity contribution in [1.82, 2.24) is 5.32 Å². The summed E-state index contributed by atoms with van der Waals surface area (Å²) in [5, 5.41) is 14.3. The maximum atomic E-state index is 12.8. The fraction of sp³-hybridized carbons (Fsp3) is 0.345. The third-order valence-electron chi connectivity index (χ3n) is 5.91. The molecule has 0 aromatic heterocycles. The molecule has 0 radical (unpaired) electrons. The molecule has 1 atom stereocenters. The molecule has 186 valence electrons. The number of fused-ring (bicyclic) bond motifs is 1. The molecule has 1 N–H and O–H groups in total. The lowest BCUT2D eigenvalue weighted by Gasteiger charge is -2.31. The van der Waals surface area contributed by atoms with E-state index >= 15 is 0 Å². The van der Waals surface area contributed by atoms with Gasteiger partial charge in [-0.15, -0.1) is 0 Å². The van der Waals surface area contributed by atoms with Crippen LogP contribution >= 0.6 is 0 Å². The zero-order valence-electron chi connectivity index (χ0n) is 20.8. The summed E-state index contributed by atoms with van der Waals surface area (Å²) in [7, 11) is 0. The number of esters is 2. The number of carbonyl (C=O) groups is 2. The number of carbonyl (C=O) groups excluding carboxylic acids is 2. The highest BCUT2D eigenvalue weighted by atomic mass is 16.6. The number of aryl methyl sites for hydroxylation is 1. The number of nitrogens with zero attached hydrogens (tertiary/aromatic N) is 1. The molecule has 7 nitrogen and oxygen atoms in total. The van der Waals surface area contributed by atoms with Gasteiger partial charge < -0.3 is 19.5 Å². The van der Waals surface area contributed by atoms with E-state index in [1.165, 1.54) is 0 Å². The Hall–Kier alpha value is -3.89. The Morgan fingerprint density at radius 1 is 1.00 bits per heavy atom. The molecule has 0 saturated carbocycles. The van der Waals surface area contributed by atoms with Crippen LogP contribution in [0.2, 0.25) is 0 Å². The van der Waals surface area contributed by atoms with Gasteiger partial charge in [0.1, 0.15) is 17.1 Å². The standard InChI is InChI=1S/C29H30N2O5/c1-28(2,3)36-27(33)29(14-15-31-19-29)35-25-11-9-24(10-12-25)34-26(32)13-6-20-4-7-22-8-5-21(18-30)17-23(22)16-20/h4-5,7-12,16-17,31H,6,13-15,19H2,1-3H3/t29-/m0/s1. The number of nitrogens with one attached hydrogen (secondary N) is 1. The van der Waals surface area contributed by atoms with E-state index in [4.69, 9.17) is 19.5 Å². The number of ether oxygens (including phenoxy) is 3. The Morgan fingerprint density at radius 2 is 1.72 bits per heavy atom. The number of nitriles is 1. The van der Waals surface area contributed by atoms with Crippen molar-refractivity contribution in [2.45, 2.75) is 51.2 Å². The summed E-state index contributed by atoms with van der Waals surface area (Å²) in [6.07, 6.45) is 1.25. The highest BCUT2D eigenvalue weighted by Crippen LogP contribution is 2.29. The molecule has 0 spiro atoms. The van der Waals surface area contributed by atoms with E-state index in [0.717, 1.165) is 16.3 Å². The summed E-state index contributed by atoms with van der Waals surface area (Å²) in [6.45, 7) is 6.51. The van der Waals surface area contributed by atoms with Gasteiger partial charge >= 0.3 is 11.9 Å². The maximum Gasteiger partial charge on any atom is 0.352 e. The van der Waals surface area contributed by atoms with E-state index in [-0.39, 0.29) is 12.4 Å². The smallest absolute Gasteiger partial charge is 0.352 e. The van der Waals surface area contributed by atoms with Crippen LogP contribution in [0.3, 0.4) is 0 Å². The van der Waals surface area contributed by atoms with Crippen LogP contribution in [-0.4, -0.2) is 36.2 Å². The molecule has 36 heavy (non-hydrogen) atoms. The molecule has 1 aliphatic heterocycles. The first-order valence-electron chi connectivity index (χ1n) is 12.0. The van der Waals surface area contributed by atoms with Gasteiger partial charge in [-0.1, -0.05) is 24.3 Å². The van der Waals surface area contributed by atoms with Crippen LogP contribution in [0.25, 0.3) is 10.8 Å². The van der Waals surface area contributed by atoms with Gasteiger partial charge in [-0.25, -0.2) is 4.79 Å². The van der Waals surface area contributed by atoms with Crippen molar-refractivity contribution in [2.75, 3.05) is 13.1 Å². The van der Waals surface area contributed by atoms with Crippen LogP contribution in [0.15, 0.2) is 60.7 Å². The lowest BCUT2D eigenvalue weighted by molar-refractivity contribution is -0.172. The number of rotatable bonds is 7. The fourth-order valence-corrected chi connectivity index (χ4v) is 4.09. The normalized spacial score (nSPS) is 17.4. The van der Waals surface area contributed by atoms with Crippen molar-refractivity contribution in [3.05, 3.63) is 71.8 Å². The highest BCUT2D eigenvalue weighted by Gasteiger charge is 2.46. The summed E-state index contributed by atoms with van der Waals surface area (Å²) >= 11 is 0. The van der Waals surface area contributed by atoms with Gasteiger partial charge in [-0.05, 0) is 86.5 Å². The zero-order chi connectivity index (χ0) is 25.8. The van der Waals surface area contributed by atoms with E-state index in [2.05, 4.69) is 11.4 Å². The fourth-order valence-electron chi connectivity index (χ4n) is 4.09. The van der Waals surface area contributed by atoms with Crippen molar-refractivity contribution in [3.8, 4) is 17.6 Å². The van der Waals surface area contributed by atoms with E-state index in [9.17, 15) is 9.59 Å². The summed E-state index contributed by atoms with van der Waals surface area (Å²) in [5.41, 5.74) is -0.0940. The predicted molar refractivity (Wildman–Crippen MR) is 136 cm³/mol. The molecule has 0 aliphatic carbocycles. The van der Waals surface area contributed by atoms with Crippen LogP contribution in [0.5, 0.6) is 11.5 Å². The number of benzene rings is 3. The summed E-state index contributed by atoms with van der Waals surface area (Å²) in [6, 6.07) is 20.3. The predicted octanol–water partition coefficient (Wildman–Crippen LogP) is 4.70. The van der Waals surface area contributed by atoms with Crippen LogP contribution in [-0.2, 0) is 20.7 Å². The first-order valence-corrected chi connectivity index (χ1v) is 12.0.